The third kappa shape index (κ3) is 3.97. The van der Waals surface area contributed by atoms with E-state index in [0.717, 1.165) is 0 Å². The van der Waals surface area contributed by atoms with Gasteiger partial charge >= 0.3 is 5.97 Å². The number of hydrogen-bond donors (Lipinski definition) is 1. The Labute approximate surface area is 112 Å². The number of methoxy groups -OCH3 is 2. The van der Waals surface area contributed by atoms with Gasteiger partial charge in [0.25, 0.3) is 0 Å². The predicted molar refractivity (Wildman–Crippen MR) is 69.9 cm³/mol. The summed E-state index contributed by atoms with van der Waals surface area (Å²) in [6, 6.07) is 1.35. The summed E-state index contributed by atoms with van der Waals surface area (Å²) in [6.45, 7) is 4.31. The molecule has 0 fully saturated rings. The number of rotatable bonds is 7. The van der Waals surface area contributed by atoms with Crippen LogP contribution in [-0.2, 0) is 4.79 Å². The molecule has 0 spiro atoms. The fourth-order valence-electron chi connectivity index (χ4n) is 1.74. The molecule has 0 bridgehead atoms. The third-order valence-corrected chi connectivity index (χ3v) is 2.69. The summed E-state index contributed by atoms with van der Waals surface area (Å²) in [6.07, 6.45) is 0.0106. The van der Waals surface area contributed by atoms with Gasteiger partial charge in [-0.2, -0.15) is 9.97 Å². The van der Waals surface area contributed by atoms with Gasteiger partial charge in [0.1, 0.15) is 0 Å². The first-order valence-electron chi connectivity index (χ1n) is 5.97. The highest BCUT2D eigenvalue weighted by molar-refractivity contribution is 5.68. The second kappa shape index (κ2) is 6.77. The summed E-state index contributed by atoms with van der Waals surface area (Å²) in [5.74, 6) is 0.291. The zero-order valence-electron chi connectivity index (χ0n) is 11.6. The van der Waals surface area contributed by atoms with E-state index in [2.05, 4.69) is 9.97 Å². The molecule has 1 rings (SSSR count). The molecule has 0 aliphatic rings. The van der Waals surface area contributed by atoms with E-state index in [0.29, 0.717) is 24.3 Å². The normalized spacial score (nSPS) is 11.8. The molecule has 0 saturated heterocycles. The summed E-state index contributed by atoms with van der Waals surface area (Å²) in [5, 5.41) is 8.86. The Balaban J connectivity index is 3.05. The molecule has 7 heteroatoms. The molecule has 7 nitrogen and oxygen atoms in total. The lowest BCUT2D eigenvalue weighted by Gasteiger charge is -2.27. The van der Waals surface area contributed by atoms with Crippen molar-refractivity contribution < 1.29 is 19.4 Å². The molecule has 0 aromatic carbocycles. The molecule has 0 saturated carbocycles. The Kier molecular flexibility index (Phi) is 5.35. The lowest BCUT2D eigenvalue weighted by molar-refractivity contribution is -0.137. The molecule has 106 valence electrons. The van der Waals surface area contributed by atoms with Crippen LogP contribution in [0.15, 0.2) is 6.07 Å². The van der Waals surface area contributed by atoms with Gasteiger partial charge in [-0.05, 0) is 13.8 Å². The van der Waals surface area contributed by atoms with E-state index in [4.69, 9.17) is 14.6 Å². The average molecular weight is 269 g/mol. The van der Waals surface area contributed by atoms with Crippen LogP contribution in [0, 0.1) is 0 Å². The minimum atomic E-state index is -0.860. The summed E-state index contributed by atoms with van der Waals surface area (Å²) < 4.78 is 10.2. The number of carbonyl (C=O) groups is 1. The van der Waals surface area contributed by atoms with Crippen molar-refractivity contribution in [1.29, 1.82) is 0 Å². The van der Waals surface area contributed by atoms with Crippen molar-refractivity contribution in [2.45, 2.75) is 26.3 Å². The number of carboxylic acid groups (broad SMARTS) is 1. The van der Waals surface area contributed by atoms with Crippen molar-refractivity contribution >= 4 is 11.9 Å². The highest BCUT2D eigenvalue weighted by Crippen LogP contribution is 2.22. The van der Waals surface area contributed by atoms with Crippen LogP contribution in [0.2, 0.25) is 0 Å². The van der Waals surface area contributed by atoms with Gasteiger partial charge in [-0.15, -0.1) is 0 Å². The number of ether oxygens (including phenoxy) is 2. The van der Waals surface area contributed by atoms with Gasteiger partial charge in [-0.25, -0.2) is 0 Å². The first kappa shape index (κ1) is 15.0. The van der Waals surface area contributed by atoms with Gasteiger partial charge in [-0.1, -0.05) is 0 Å². The van der Waals surface area contributed by atoms with Crippen LogP contribution in [-0.4, -0.2) is 47.8 Å². The Morgan fingerprint density at radius 1 is 1.37 bits per heavy atom. The fourth-order valence-corrected chi connectivity index (χ4v) is 1.74. The van der Waals surface area contributed by atoms with Gasteiger partial charge in [0.05, 0.1) is 26.7 Å². The van der Waals surface area contributed by atoms with Crippen molar-refractivity contribution in [1.82, 2.24) is 9.97 Å². The van der Waals surface area contributed by atoms with Crippen molar-refractivity contribution in [2.75, 3.05) is 25.7 Å². The monoisotopic (exact) mass is 269 g/mol. The lowest BCUT2D eigenvalue weighted by Crippen LogP contribution is -2.36. The van der Waals surface area contributed by atoms with E-state index in [-0.39, 0.29) is 12.5 Å². The van der Waals surface area contributed by atoms with Crippen LogP contribution in [0.25, 0.3) is 0 Å². The maximum atomic E-state index is 10.8. The molecule has 1 heterocycles. The molecular weight excluding hydrogens is 250 g/mol. The zero-order valence-corrected chi connectivity index (χ0v) is 11.6. The van der Waals surface area contributed by atoms with Crippen LogP contribution in [0.5, 0.6) is 11.8 Å². The number of aliphatic carboxylic acids is 1. The number of aromatic nitrogens is 2. The summed E-state index contributed by atoms with van der Waals surface area (Å²) in [5.41, 5.74) is 0. The molecular formula is C12H19N3O4. The topological polar surface area (TPSA) is 84.8 Å². The minimum absolute atomic E-state index is 0.0106. The smallest absolute Gasteiger partial charge is 0.305 e. The first-order chi connectivity index (χ1) is 9.01. The van der Waals surface area contributed by atoms with Gasteiger partial charge in [0.15, 0.2) is 0 Å². The highest BCUT2D eigenvalue weighted by Gasteiger charge is 2.19. The van der Waals surface area contributed by atoms with Gasteiger partial charge in [0.2, 0.25) is 17.7 Å². The lowest BCUT2D eigenvalue weighted by atomic mass is 10.2. The molecule has 1 aromatic heterocycles. The van der Waals surface area contributed by atoms with Crippen molar-refractivity contribution in [3.63, 3.8) is 0 Å². The van der Waals surface area contributed by atoms with Crippen LogP contribution in [0.4, 0.5) is 5.95 Å². The minimum Gasteiger partial charge on any atom is -0.481 e. The third-order valence-electron chi connectivity index (χ3n) is 2.69. The van der Waals surface area contributed by atoms with Crippen LogP contribution in [0.1, 0.15) is 20.3 Å². The maximum Gasteiger partial charge on any atom is 0.305 e. The van der Waals surface area contributed by atoms with E-state index in [9.17, 15) is 4.79 Å². The Hall–Kier alpha value is -2.05. The van der Waals surface area contributed by atoms with Gasteiger partial charge in [0, 0.05) is 12.6 Å². The number of anilines is 1. The number of nitrogens with zero attached hydrogens (tertiary/aromatic N) is 3. The number of carboxylic acids is 1. The molecule has 0 amide bonds. The van der Waals surface area contributed by atoms with Crippen LogP contribution >= 0.6 is 0 Å². The van der Waals surface area contributed by atoms with Crippen molar-refractivity contribution in [3.05, 3.63) is 6.07 Å². The second-order valence-electron chi connectivity index (χ2n) is 3.99. The van der Waals surface area contributed by atoms with Gasteiger partial charge in [-0.3, -0.25) is 4.79 Å². The molecule has 1 unspecified atom stereocenters. The van der Waals surface area contributed by atoms with Crippen molar-refractivity contribution in [3.8, 4) is 11.8 Å². The number of hydrogen-bond acceptors (Lipinski definition) is 6. The van der Waals surface area contributed by atoms with E-state index in [1.807, 2.05) is 13.8 Å². The zero-order chi connectivity index (χ0) is 14.4. The van der Waals surface area contributed by atoms with Crippen LogP contribution in [0.3, 0.4) is 0 Å². The molecule has 0 aliphatic carbocycles. The second-order valence-corrected chi connectivity index (χ2v) is 3.99. The van der Waals surface area contributed by atoms with Gasteiger partial charge < -0.3 is 19.5 Å². The summed E-state index contributed by atoms with van der Waals surface area (Å²) >= 11 is 0. The molecule has 19 heavy (non-hydrogen) atoms. The van der Waals surface area contributed by atoms with Crippen molar-refractivity contribution in [2.24, 2.45) is 0 Å². The maximum absolute atomic E-state index is 10.8. The highest BCUT2D eigenvalue weighted by atomic mass is 16.5. The Bertz CT molecular complexity index is 417. The summed E-state index contributed by atoms with van der Waals surface area (Å²) in [7, 11) is 3.00. The molecule has 1 N–H and O–H groups in total. The average Bonchev–Trinajstić information content (AvgIpc) is 2.38. The predicted octanol–water partition coefficient (Wildman–Crippen LogP) is 1.18. The Morgan fingerprint density at radius 3 is 2.26 bits per heavy atom. The standard InChI is InChI=1S/C12H19N3O4/c1-5-15(8(2)6-11(16)17)12-13-9(18-3)7-10(14-12)19-4/h7-8H,5-6H2,1-4H3,(H,16,17). The molecule has 1 aromatic rings. The summed E-state index contributed by atoms with van der Waals surface area (Å²) in [4.78, 5) is 21.0. The molecule has 0 radical (unpaired) electrons. The fraction of sp³-hybridized carbons (Fsp3) is 0.583. The van der Waals surface area contributed by atoms with E-state index in [1.165, 1.54) is 14.2 Å². The first-order valence-corrected chi connectivity index (χ1v) is 5.97. The quantitative estimate of drug-likeness (QED) is 0.795. The van der Waals surface area contributed by atoms with E-state index >= 15 is 0 Å². The molecule has 0 aliphatic heterocycles. The SMILES string of the molecule is CCN(c1nc(OC)cc(OC)n1)C(C)CC(=O)O. The largest absolute Gasteiger partial charge is 0.481 e. The Morgan fingerprint density at radius 2 is 1.89 bits per heavy atom. The van der Waals surface area contributed by atoms with Crippen LogP contribution < -0.4 is 14.4 Å². The van der Waals surface area contributed by atoms with E-state index < -0.39 is 5.97 Å². The van der Waals surface area contributed by atoms with E-state index in [1.54, 1.807) is 11.0 Å². The molecule has 1 atom stereocenters.